The molecule has 0 spiro atoms. The number of sulfonamides is 1. The Kier molecular flexibility index (Phi) is 6.21. The second-order valence-corrected chi connectivity index (χ2v) is 6.70. The number of nitrogens with two attached hydrogens (primary N) is 1. The van der Waals surface area contributed by atoms with Crippen LogP contribution in [0.2, 0.25) is 0 Å². The molecule has 0 aromatic heterocycles. The minimum atomic E-state index is -3.56. The number of carbonyl (C=O) groups is 2. The first-order valence-corrected chi connectivity index (χ1v) is 8.24. The number of carbonyl (C=O) groups excluding carboxylic acids is 1. The zero-order valence-electron chi connectivity index (χ0n) is 11.2. The number of carboxylic acids is 1. The highest BCUT2D eigenvalue weighted by atomic mass is 32.2. The summed E-state index contributed by atoms with van der Waals surface area (Å²) in [6, 6.07) is -0.301. The maximum Gasteiger partial charge on any atom is 0.317 e. The number of amides is 2. The zero-order chi connectivity index (χ0) is 15.2. The molecule has 20 heavy (non-hydrogen) atoms. The van der Waals surface area contributed by atoms with Gasteiger partial charge in [0, 0.05) is 26.1 Å². The first kappa shape index (κ1) is 16.7. The van der Waals surface area contributed by atoms with Crippen LogP contribution in [-0.2, 0) is 14.8 Å². The highest BCUT2D eigenvalue weighted by Gasteiger charge is 2.23. The van der Waals surface area contributed by atoms with Crippen LogP contribution < -0.4 is 10.5 Å². The van der Waals surface area contributed by atoms with Gasteiger partial charge in [0.05, 0.1) is 5.75 Å². The third-order valence-electron chi connectivity index (χ3n) is 3.33. The minimum absolute atomic E-state index is 0.00336. The molecule has 0 aromatic carbocycles. The molecule has 1 aliphatic rings. The summed E-state index contributed by atoms with van der Waals surface area (Å²) in [4.78, 5) is 23.8. The highest BCUT2D eigenvalue weighted by molar-refractivity contribution is 7.89. The lowest BCUT2D eigenvalue weighted by molar-refractivity contribution is -0.137. The summed E-state index contributed by atoms with van der Waals surface area (Å²) in [5.74, 6) is -0.749. The van der Waals surface area contributed by atoms with Gasteiger partial charge in [-0.25, -0.2) is 18.4 Å². The number of hydrogen-bond donors (Lipinski definition) is 3. The summed E-state index contributed by atoms with van der Waals surface area (Å²) in [5, 5.41) is 16.0. The predicted octanol–water partition coefficient (Wildman–Crippen LogP) is -0.439. The molecule has 1 heterocycles. The van der Waals surface area contributed by atoms with Gasteiger partial charge < -0.3 is 15.3 Å². The molecule has 0 saturated carbocycles. The lowest BCUT2D eigenvalue weighted by Crippen LogP contribution is -2.45. The number of hydrogen-bond acceptors (Lipinski definition) is 4. The number of likely N-dealkylation sites (tertiary alicyclic amines) is 1. The van der Waals surface area contributed by atoms with Crippen molar-refractivity contribution >= 4 is 22.0 Å². The van der Waals surface area contributed by atoms with E-state index in [-0.39, 0.29) is 24.7 Å². The Labute approximate surface area is 118 Å². The molecule has 2 amide bonds. The van der Waals surface area contributed by atoms with E-state index in [2.05, 4.69) is 5.32 Å². The SMILES string of the molecule is NS(=O)(=O)CCNC(=O)N1CCC(CCC(=O)O)CC1. The average Bonchev–Trinajstić information content (AvgIpc) is 2.35. The number of primary sulfonamides is 1. The summed E-state index contributed by atoms with van der Waals surface area (Å²) in [5.41, 5.74) is 0. The van der Waals surface area contributed by atoms with Crippen LogP contribution in [0.4, 0.5) is 4.79 Å². The fraction of sp³-hybridized carbons (Fsp3) is 0.818. The van der Waals surface area contributed by atoms with E-state index in [9.17, 15) is 18.0 Å². The van der Waals surface area contributed by atoms with Gasteiger partial charge in [0.2, 0.25) is 10.0 Å². The molecule has 1 rings (SSSR count). The zero-order valence-corrected chi connectivity index (χ0v) is 12.1. The van der Waals surface area contributed by atoms with Gasteiger partial charge in [0.25, 0.3) is 0 Å². The molecule has 0 aliphatic carbocycles. The van der Waals surface area contributed by atoms with Crippen LogP contribution in [0.3, 0.4) is 0 Å². The molecule has 4 N–H and O–H groups in total. The maximum absolute atomic E-state index is 11.7. The molecule has 0 unspecified atom stereocenters. The molecule has 1 saturated heterocycles. The van der Waals surface area contributed by atoms with Gasteiger partial charge >= 0.3 is 12.0 Å². The number of urea groups is 1. The van der Waals surface area contributed by atoms with E-state index >= 15 is 0 Å². The van der Waals surface area contributed by atoms with Gasteiger partial charge in [-0.1, -0.05) is 0 Å². The van der Waals surface area contributed by atoms with Gasteiger partial charge in [-0.3, -0.25) is 4.79 Å². The molecule has 8 nitrogen and oxygen atoms in total. The van der Waals surface area contributed by atoms with Crippen molar-refractivity contribution < 1.29 is 23.1 Å². The van der Waals surface area contributed by atoms with Gasteiger partial charge in [-0.15, -0.1) is 0 Å². The molecule has 1 aliphatic heterocycles. The Morgan fingerprint density at radius 2 is 1.90 bits per heavy atom. The quantitative estimate of drug-likeness (QED) is 0.612. The average molecular weight is 307 g/mol. The van der Waals surface area contributed by atoms with E-state index in [1.165, 1.54) is 0 Å². The normalized spacial score (nSPS) is 16.9. The molecule has 0 bridgehead atoms. The number of carboxylic acid groups (broad SMARTS) is 1. The third kappa shape index (κ3) is 6.71. The van der Waals surface area contributed by atoms with Crippen molar-refractivity contribution in [3.63, 3.8) is 0 Å². The van der Waals surface area contributed by atoms with E-state index in [4.69, 9.17) is 10.2 Å². The standard InChI is InChI=1S/C11H21N3O5S/c12-20(18,19)8-5-13-11(17)14-6-3-9(4-7-14)1-2-10(15)16/h9H,1-8H2,(H,13,17)(H,15,16)(H2,12,18,19). The smallest absolute Gasteiger partial charge is 0.317 e. The molecule has 0 radical (unpaired) electrons. The molecule has 9 heteroatoms. The first-order chi connectivity index (χ1) is 9.28. The second kappa shape index (κ2) is 7.44. The first-order valence-electron chi connectivity index (χ1n) is 6.53. The fourth-order valence-electron chi connectivity index (χ4n) is 2.16. The van der Waals surface area contributed by atoms with E-state index < -0.39 is 16.0 Å². The summed E-state index contributed by atoms with van der Waals surface area (Å²) in [6.45, 7) is 1.12. The van der Waals surface area contributed by atoms with Gasteiger partial charge in [0.1, 0.15) is 0 Å². The predicted molar refractivity (Wildman–Crippen MR) is 72.5 cm³/mol. The molecular weight excluding hydrogens is 286 g/mol. The van der Waals surface area contributed by atoms with Crippen LogP contribution in [0, 0.1) is 5.92 Å². The summed E-state index contributed by atoms with van der Waals surface area (Å²) in [6.07, 6.45) is 2.34. The largest absolute Gasteiger partial charge is 0.481 e. The van der Waals surface area contributed by atoms with Crippen LogP contribution in [-0.4, -0.2) is 55.8 Å². The second-order valence-electron chi connectivity index (χ2n) is 4.96. The van der Waals surface area contributed by atoms with Crippen molar-refractivity contribution in [2.45, 2.75) is 25.7 Å². The van der Waals surface area contributed by atoms with Crippen molar-refractivity contribution in [1.29, 1.82) is 0 Å². The van der Waals surface area contributed by atoms with Gasteiger partial charge in [-0.05, 0) is 25.2 Å². The number of aliphatic carboxylic acids is 1. The van der Waals surface area contributed by atoms with E-state index in [0.29, 0.717) is 25.4 Å². The van der Waals surface area contributed by atoms with Crippen molar-refractivity contribution in [3.05, 3.63) is 0 Å². The van der Waals surface area contributed by atoms with Crippen molar-refractivity contribution in [2.24, 2.45) is 11.1 Å². The Morgan fingerprint density at radius 1 is 1.30 bits per heavy atom. The summed E-state index contributed by atoms with van der Waals surface area (Å²) in [7, 11) is -3.56. The topological polar surface area (TPSA) is 130 Å². The maximum atomic E-state index is 11.7. The fourth-order valence-corrected chi connectivity index (χ4v) is 2.55. The Morgan fingerprint density at radius 3 is 2.40 bits per heavy atom. The third-order valence-corrected chi connectivity index (χ3v) is 4.10. The van der Waals surface area contributed by atoms with E-state index in [1.54, 1.807) is 4.90 Å². The molecule has 0 aromatic rings. The van der Waals surface area contributed by atoms with Crippen molar-refractivity contribution in [3.8, 4) is 0 Å². The van der Waals surface area contributed by atoms with E-state index in [1.807, 2.05) is 0 Å². The van der Waals surface area contributed by atoms with Gasteiger partial charge in [-0.2, -0.15) is 0 Å². The lowest BCUT2D eigenvalue weighted by atomic mass is 9.92. The van der Waals surface area contributed by atoms with Crippen LogP contribution in [0.15, 0.2) is 0 Å². The van der Waals surface area contributed by atoms with Crippen LogP contribution >= 0.6 is 0 Å². The monoisotopic (exact) mass is 307 g/mol. The van der Waals surface area contributed by atoms with Crippen molar-refractivity contribution in [1.82, 2.24) is 10.2 Å². The van der Waals surface area contributed by atoms with Crippen molar-refractivity contribution in [2.75, 3.05) is 25.4 Å². The van der Waals surface area contributed by atoms with E-state index in [0.717, 1.165) is 12.8 Å². The Bertz CT molecular complexity index is 443. The number of nitrogens with zero attached hydrogens (tertiary/aromatic N) is 1. The Balaban J connectivity index is 2.23. The van der Waals surface area contributed by atoms with Crippen LogP contribution in [0.25, 0.3) is 0 Å². The molecule has 0 atom stereocenters. The molecule has 1 fully saturated rings. The summed E-state index contributed by atoms with van der Waals surface area (Å²) < 4.78 is 21.4. The van der Waals surface area contributed by atoms with Crippen LogP contribution in [0.1, 0.15) is 25.7 Å². The van der Waals surface area contributed by atoms with Gasteiger partial charge in [0.15, 0.2) is 0 Å². The Hall–Kier alpha value is -1.35. The number of piperidine rings is 1. The lowest BCUT2D eigenvalue weighted by Gasteiger charge is -2.31. The molecule has 116 valence electrons. The molecular formula is C11H21N3O5S. The number of rotatable bonds is 6. The van der Waals surface area contributed by atoms with Crippen LogP contribution in [0.5, 0.6) is 0 Å². The minimum Gasteiger partial charge on any atom is -0.481 e. The number of nitrogens with one attached hydrogen (secondary N) is 1. The summed E-state index contributed by atoms with van der Waals surface area (Å²) >= 11 is 0. The highest BCUT2D eigenvalue weighted by Crippen LogP contribution is 2.21.